The third-order valence-corrected chi connectivity index (χ3v) is 3.37. The van der Waals surface area contributed by atoms with Gasteiger partial charge in [-0.15, -0.1) is 0 Å². The summed E-state index contributed by atoms with van der Waals surface area (Å²) in [4.78, 5) is 36.1. The maximum atomic E-state index is 12.1. The number of carboxylic acids is 1. The van der Waals surface area contributed by atoms with Crippen LogP contribution in [0.4, 0.5) is 0 Å². The Kier molecular flexibility index (Phi) is 5.46. The van der Waals surface area contributed by atoms with Crippen molar-refractivity contribution in [2.24, 2.45) is 5.73 Å². The molecule has 0 aromatic heterocycles. The molecule has 8 nitrogen and oxygen atoms in total. The Morgan fingerprint density at radius 2 is 1.95 bits per heavy atom. The summed E-state index contributed by atoms with van der Waals surface area (Å²) in [6.45, 7) is 3.20. The lowest BCUT2D eigenvalue weighted by molar-refractivity contribution is -0.149. The average Bonchev–Trinajstić information content (AvgIpc) is 2.85. The molecule has 2 amide bonds. The molecule has 1 rings (SSSR count). The van der Waals surface area contributed by atoms with Crippen LogP contribution >= 0.6 is 0 Å². The number of hydrogen-bond donors (Lipinski definition) is 4. The lowest BCUT2D eigenvalue weighted by Crippen LogP contribution is -2.55. The van der Waals surface area contributed by atoms with E-state index >= 15 is 0 Å². The number of carbonyl (C=O) groups is 3. The number of aliphatic hydroxyl groups is 1. The fourth-order valence-electron chi connectivity index (χ4n) is 2.13. The van der Waals surface area contributed by atoms with Gasteiger partial charge < -0.3 is 26.2 Å². The lowest BCUT2D eigenvalue weighted by atomic mass is 10.1. The van der Waals surface area contributed by atoms with E-state index in [1.165, 1.54) is 18.7 Å². The molecule has 20 heavy (non-hydrogen) atoms. The van der Waals surface area contributed by atoms with E-state index in [2.05, 4.69) is 5.32 Å². The van der Waals surface area contributed by atoms with Crippen LogP contribution in [0.1, 0.15) is 26.7 Å². The quantitative estimate of drug-likeness (QED) is 0.475. The zero-order valence-corrected chi connectivity index (χ0v) is 11.6. The Balaban J connectivity index is 2.63. The van der Waals surface area contributed by atoms with Gasteiger partial charge in [0.2, 0.25) is 11.8 Å². The number of aliphatic carboxylic acids is 1. The Morgan fingerprint density at radius 3 is 2.45 bits per heavy atom. The zero-order valence-electron chi connectivity index (χ0n) is 11.6. The molecule has 0 unspecified atom stereocenters. The molecule has 0 spiro atoms. The summed E-state index contributed by atoms with van der Waals surface area (Å²) in [7, 11) is 0. The molecule has 114 valence electrons. The summed E-state index contributed by atoms with van der Waals surface area (Å²) in [6, 6.07) is -2.85. The molecule has 0 saturated carbocycles. The third-order valence-electron chi connectivity index (χ3n) is 3.37. The summed E-state index contributed by atoms with van der Waals surface area (Å²) in [6.07, 6.45) is 0.00161. The summed E-state index contributed by atoms with van der Waals surface area (Å²) in [5.74, 6) is -2.15. The standard InChI is InChI=1S/C12H21N3O5/c1-6(14-10(17)9(13)7(2)16)11(18)15-5-3-4-8(15)12(19)20/h6-9,16H,3-5,13H2,1-2H3,(H,14,17)(H,19,20)/t6-,7+,8+,9-/m0/s1. The summed E-state index contributed by atoms with van der Waals surface area (Å²) in [5.41, 5.74) is 5.46. The first-order valence-corrected chi connectivity index (χ1v) is 6.53. The minimum Gasteiger partial charge on any atom is -0.480 e. The molecule has 1 saturated heterocycles. The number of nitrogens with one attached hydrogen (secondary N) is 1. The minimum atomic E-state index is -1.13. The van der Waals surface area contributed by atoms with Crippen molar-refractivity contribution < 1.29 is 24.6 Å². The molecular weight excluding hydrogens is 266 g/mol. The van der Waals surface area contributed by atoms with Crippen LogP contribution in [0.25, 0.3) is 0 Å². The highest BCUT2D eigenvalue weighted by Crippen LogP contribution is 2.18. The monoisotopic (exact) mass is 287 g/mol. The van der Waals surface area contributed by atoms with E-state index in [1.807, 2.05) is 0 Å². The van der Waals surface area contributed by atoms with Crippen molar-refractivity contribution in [1.82, 2.24) is 10.2 Å². The predicted molar refractivity (Wildman–Crippen MR) is 69.6 cm³/mol. The van der Waals surface area contributed by atoms with E-state index < -0.39 is 42.0 Å². The van der Waals surface area contributed by atoms with Crippen LogP contribution in [-0.4, -0.2) is 63.7 Å². The first kappa shape index (κ1) is 16.4. The van der Waals surface area contributed by atoms with E-state index in [1.54, 1.807) is 0 Å². The van der Waals surface area contributed by atoms with Crippen LogP contribution in [0.5, 0.6) is 0 Å². The van der Waals surface area contributed by atoms with E-state index in [-0.39, 0.29) is 0 Å². The van der Waals surface area contributed by atoms with Crippen molar-refractivity contribution in [1.29, 1.82) is 0 Å². The first-order valence-electron chi connectivity index (χ1n) is 6.53. The van der Waals surface area contributed by atoms with Gasteiger partial charge in [0.15, 0.2) is 0 Å². The van der Waals surface area contributed by atoms with E-state index in [0.717, 1.165) is 0 Å². The molecular formula is C12H21N3O5. The van der Waals surface area contributed by atoms with Gasteiger partial charge in [-0.3, -0.25) is 9.59 Å². The molecule has 1 aliphatic heterocycles. The minimum absolute atomic E-state index is 0.360. The van der Waals surface area contributed by atoms with Crippen molar-refractivity contribution in [3.8, 4) is 0 Å². The maximum Gasteiger partial charge on any atom is 0.326 e. The summed E-state index contributed by atoms with van der Waals surface area (Å²) >= 11 is 0. The van der Waals surface area contributed by atoms with Crippen molar-refractivity contribution in [3.63, 3.8) is 0 Å². The molecule has 4 atom stereocenters. The van der Waals surface area contributed by atoms with Crippen molar-refractivity contribution in [2.45, 2.75) is 50.9 Å². The maximum absolute atomic E-state index is 12.1. The second kappa shape index (κ2) is 6.67. The number of carboxylic acid groups (broad SMARTS) is 1. The average molecular weight is 287 g/mol. The van der Waals surface area contributed by atoms with Gasteiger partial charge in [0, 0.05) is 6.54 Å². The normalized spacial score (nSPS) is 23.0. The molecule has 1 fully saturated rings. The highest BCUT2D eigenvalue weighted by molar-refractivity contribution is 5.92. The van der Waals surface area contributed by atoms with Gasteiger partial charge in [0.05, 0.1) is 6.10 Å². The molecule has 0 bridgehead atoms. The number of carbonyl (C=O) groups excluding carboxylic acids is 2. The molecule has 0 aromatic rings. The van der Waals surface area contributed by atoms with Gasteiger partial charge in [-0.1, -0.05) is 0 Å². The van der Waals surface area contributed by atoms with Gasteiger partial charge in [-0.25, -0.2) is 4.79 Å². The second-order valence-electron chi connectivity index (χ2n) is 5.02. The van der Waals surface area contributed by atoms with E-state index in [9.17, 15) is 19.5 Å². The summed E-state index contributed by atoms with van der Waals surface area (Å²) in [5, 5.41) is 20.6. The number of hydrogen-bond acceptors (Lipinski definition) is 5. The molecule has 0 aliphatic carbocycles. The van der Waals surface area contributed by atoms with Crippen LogP contribution < -0.4 is 11.1 Å². The zero-order chi connectivity index (χ0) is 15.4. The van der Waals surface area contributed by atoms with Crippen LogP contribution in [0.2, 0.25) is 0 Å². The van der Waals surface area contributed by atoms with Crippen molar-refractivity contribution >= 4 is 17.8 Å². The number of likely N-dealkylation sites (tertiary alicyclic amines) is 1. The number of nitrogens with two attached hydrogens (primary N) is 1. The number of rotatable bonds is 5. The van der Waals surface area contributed by atoms with E-state index in [0.29, 0.717) is 19.4 Å². The molecule has 5 N–H and O–H groups in total. The molecule has 1 heterocycles. The van der Waals surface area contributed by atoms with Crippen molar-refractivity contribution in [3.05, 3.63) is 0 Å². The Morgan fingerprint density at radius 1 is 1.35 bits per heavy atom. The Labute approximate surface area is 116 Å². The van der Waals surface area contributed by atoms with Gasteiger partial charge in [0.1, 0.15) is 18.1 Å². The molecule has 8 heteroatoms. The molecule has 0 radical (unpaired) electrons. The van der Waals surface area contributed by atoms with Crippen molar-refractivity contribution in [2.75, 3.05) is 6.54 Å². The highest BCUT2D eigenvalue weighted by Gasteiger charge is 2.36. The van der Waals surface area contributed by atoms with Crippen LogP contribution in [0, 0.1) is 0 Å². The predicted octanol–water partition coefficient (Wildman–Crippen LogP) is -1.73. The Hall–Kier alpha value is -1.67. The van der Waals surface area contributed by atoms with Gasteiger partial charge in [-0.05, 0) is 26.7 Å². The van der Waals surface area contributed by atoms with Gasteiger partial charge >= 0.3 is 5.97 Å². The fraction of sp³-hybridized carbons (Fsp3) is 0.750. The first-order chi connectivity index (χ1) is 9.25. The largest absolute Gasteiger partial charge is 0.480 e. The number of nitrogens with zero attached hydrogens (tertiary/aromatic N) is 1. The summed E-state index contributed by atoms with van der Waals surface area (Å²) < 4.78 is 0. The smallest absolute Gasteiger partial charge is 0.326 e. The number of aliphatic hydroxyl groups excluding tert-OH is 1. The SMILES string of the molecule is C[C@H](NC(=O)[C@@H](N)[C@@H](C)O)C(=O)N1CCC[C@@H]1C(=O)O. The molecule has 0 aromatic carbocycles. The Bertz CT molecular complexity index is 399. The molecule has 1 aliphatic rings. The number of amides is 2. The van der Waals surface area contributed by atoms with Crippen LogP contribution in [-0.2, 0) is 14.4 Å². The van der Waals surface area contributed by atoms with Crippen LogP contribution in [0.15, 0.2) is 0 Å². The lowest BCUT2D eigenvalue weighted by Gasteiger charge is -2.26. The fourth-order valence-corrected chi connectivity index (χ4v) is 2.13. The third kappa shape index (κ3) is 3.67. The topological polar surface area (TPSA) is 133 Å². The van der Waals surface area contributed by atoms with E-state index in [4.69, 9.17) is 10.8 Å². The van der Waals surface area contributed by atoms with Gasteiger partial charge in [-0.2, -0.15) is 0 Å². The van der Waals surface area contributed by atoms with Crippen LogP contribution in [0.3, 0.4) is 0 Å². The van der Waals surface area contributed by atoms with Gasteiger partial charge in [0.25, 0.3) is 0 Å². The second-order valence-corrected chi connectivity index (χ2v) is 5.02. The highest BCUT2D eigenvalue weighted by atomic mass is 16.4.